The Bertz CT molecular complexity index is 614. The quantitative estimate of drug-likeness (QED) is 0.824. The molecule has 26 heavy (non-hydrogen) atoms. The van der Waals surface area contributed by atoms with E-state index in [4.69, 9.17) is 9.47 Å². The van der Waals surface area contributed by atoms with E-state index in [1.165, 1.54) is 0 Å². The molecule has 2 N–H and O–H groups in total. The van der Waals surface area contributed by atoms with Gasteiger partial charge in [0.25, 0.3) is 0 Å². The van der Waals surface area contributed by atoms with E-state index in [1.807, 2.05) is 6.92 Å². The molecule has 1 aromatic rings. The van der Waals surface area contributed by atoms with Crippen molar-refractivity contribution in [2.45, 2.75) is 51.3 Å². The fourth-order valence-corrected chi connectivity index (χ4v) is 4.53. The molecule has 1 aromatic heterocycles. The first kappa shape index (κ1) is 17.9. The molecule has 0 radical (unpaired) electrons. The van der Waals surface area contributed by atoms with E-state index in [2.05, 4.69) is 26.5 Å². The van der Waals surface area contributed by atoms with Crippen molar-refractivity contribution in [3.8, 4) is 0 Å². The predicted molar refractivity (Wildman–Crippen MR) is 96.5 cm³/mol. The molecule has 7 heteroatoms. The van der Waals surface area contributed by atoms with Gasteiger partial charge < -0.3 is 14.8 Å². The zero-order valence-electron chi connectivity index (χ0n) is 15.6. The van der Waals surface area contributed by atoms with Crippen molar-refractivity contribution in [1.29, 1.82) is 0 Å². The number of hydrogen-bond acceptors (Lipinski definition) is 5. The zero-order valence-corrected chi connectivity index (χ0v) is 15.6. The Kier molecular flexibility index (Phi) is 5.57. The van der Waals surface area contributed by atoms with Crippen molar-refractivity contribution in [2.24, 2.45) is 11.8 Å². The number of carbonyl (C=O) groups excluding carboxylic acids is 1. The summed E-state index contributed by atoms with van der Waals surface area (Å²) in [6.45, 7) is 6.78. The molecule has 4 heterocycles. The van der Waals surface area contributed by atoms with E-state index in [-0.39, 0.29) is 17.9 Å². The number of hydrogen-bond donors (Lipinski definition) is 2. The summed E-state index contributed by atoms with van der Waals surface area (Å²) < 4.78 is 11.3. The Balaban J connectivity index is 1.36. The lowest BCUT2D eigenvalue weighted by molar-refractivity contribution is -0.130. The first-order valence-electron chi connectivity index (χ1n) is 9.91. The molecule has 4 rings (SSSR count). The number of rotatable bonds is 5. The number of aromatic amines is 1. The second kappa shape index (κ2) is 8.06. The lowest BCUT2D eigenvalue weighted by atomic mass is 9.89. The average molecular weight is 362 g/mol. The predicted octanol–water partition coefficient (Wildman–Crippen LogP) is 1.24. The molecule has 3 saturated heterocycles. The minimum absolute atomic E-state index is 0.00534. The molecule has 0 aliphatic carbocycles. The van der Waals surface area contributed by atoms with Crippen LogP contribution in [0.1, 0.15) is 37.1 Å². The van der Waals surface area contributed by atoms with Crippen LogP contribution in [0, 0.1) is 18.8 Å². The SMILES string of the molecule is Cc1cc(CN2C[C@@H](C(=O)NCC3CCOCC3)C[C@H]3OCC[C@H]32)n[nH]1. The van der Waals surface area contributed by atoms with E-state index in [9.17, 15) is 4.79 Å². The van der Waals surface area contributed by atoms with E-state index in [0.29, 0.717) is 12.0 Å². The largest absolute Gasteiger partial charge is 0.381 e. The first-order valence-corrected chi connectivity index (χ1v) is 9.91. The van der Waals surface area contributed by atoms with Crippen molar-refractivity contribution in [3.05, 3.63) is 17.5 Å². The summed E-state index contributed by atoms with van der Waals surface area (Å²) >= 11 is 0. The fourth-order valence-electron chi connectivity index (χ4n) is 4.53. The summed E-state index contributed by atoms with van der Waals surface area (Å²) in [5.41, 5.74) is 2.11. The average Bonchev–Trinajstić information content (AvgIpc) is 3.29. The smallest absolute Gasteiger partial charge is 0.224 e. The number of carbonyl (C=O) groups is 1. The molecule has 3 aliphatic rings. The molecule has 3 aliphatic heterocycles. The highest BCUT2D eigenvalue weighted by molar-refractivity contribution is 5.79. The van der Waals surface area contributed by atoms with Crippen LogP contribution in [-0.2, 0) is 20.8 Å². The number of fused-ring (bicyclic) bond motifs is 1. The maximum atomic E-state index is 12.8. The van der Waals surface area contributed by atoms with E-state index in [0.717, 1.165) is 76.5 Å². The molecule has 0 spiro atoms. The molecule has 0 aromatic carbocycles. The minimum atomic E-state index is -0.00534. The molecule has 7 nitrogen and oxygen atoms in total. The van der Waals surface area contributed by atoms with Crippen LogP contribution in [0.3, 0.4) is 0 Å². The maximum absolute atomic E-state index is 12.8. The van der Waals surface area contributed by atoms with Gasteiger partial charge in [-0.25, -0.2) is 0 Å². The number of piperidine rings is 1. The van der Waals surface area contributed by atoms with Crippen molar-refractivity contribution in [3.63, 3.8) is 0 Å². The Morgan fingerprint density at radius 3 is 2.96 bits per heavy atom. The van der Waals surface area contributed by atoms with E-state index >= 15 is 0 Å². The van der Waals surface area contributed by atoms with Gasteiger partial charge in [-0.15, -0.1) is 0 Å². The number of likely N-dealkylation sites (tertiary alicyclic amines) is 1. The lowest BCUT2D eigenvalue weighted by Crippen LogP contribution is -2.52. The van der Waals surface area contributed by atoms with Gasteiger partial charge in [0.15, 0.2) is 0 Å². The number of aromatic nitrogens is 2. The Labute approximate surface area is 154 Å². The Hall–Kier alpha value is -1.44. The summed E-state index contributed by atoms with van der Waals surface area (Å²) in [7, 11) is 0. The second-order valence-electron chi connectivity index (χ2n) is 7.97. The summed E-state index contributed by atoms with van der Waals surface area (Å²) in [6, 6.07) is 2.49. The van der Waals surface area contributed by atoms with Gasteiger partial charge in [-0.2, -0.15) is 5.10 Å². The first-order chi connectivity index (χ1) is 12.7. The normalized spacial score (nSPS) is 30.3. The topological polar surface area (TPSA) is 79.5 Å². The molecule has 144 valence electrons. The van der Waals surface area contributed by atoms with Crippen molar-refractivity contribution in [1.82, 2.24) is 20.4 Å². The molecule has 3 fully saturated rings. The van der Waals surface area contributed by atoms with Crippen molar-refractivity contribution in [2.75, 3.05) is 32.9 Å². The summed E-state index contributed by atoms with van der Waals surface area (Å²) in [6.07, 6.45) is 4.14. The van der Waals surface area contributed by atoms with Gasteiger partial charge in [0.05, 0.1) is 17.7 Å². The van der Waals surface area contributed by atoms with Gasteiger partial charge in [0.1, 0.15) is 0 Å². The van der Waals surface area contributed by atoms with E-state index < -0.39 is 0 Å². The zero-order chi connectivity index (χ0) is 17.9. The van der Waals surface area contributed by atoms with Gasteiger partial charge >= 0.3 is 0 Å². The standard InChI is InChI=1S/C19H30N4O3/c1-13-8-16(22-21-13)12-23-11-15(9-18-17(23)4-7-26-18)19(24)20-10-14-2-5-25-6-3-14/h8,14-15,17-18H,2-7,9-12H2,1H3,(H,20,24)(H,21,22)/t15-,17+,18+/m0/s1. The molecule has 0 bridgehead atoms. The summed E-state index contributed by atoms with van der Waals surface area (Å²) in [5.74, 6) is 0.720. The number of nitrogens with zero attached hydrogens (tertiary/aromatic N) is 2. The van der Waals surface area contributed by atoms with Crippen molar-refractivity contribution >= 4 is 5.91 Å². The van der Waals surface area contributed by atoms with Gasteiger partial charge in [0, 0.05) is 51.2 Å². The second-order valence-corrected chi connectivity index (χ2v) is 7.97. The third kappa shape index (κ3) is 4.10. The van der Waals surface area contributed by atoms with Crippen LogP contribution in [0.25, 0.3) is 0 Å². The van der Waals surface area contributed by atoms with Crippen LogP contribution in [0.4, 0.5) is 0 Å². The maximum Gasteiger partial charge on any atom is 0.224 e. The number of aryl methyl sites for hydroxylation is 1. The van der Waals surface area contributed by atoms with Crippen LogP contribution in [-0.4, -0.2) is 66.1 Å². The summed E-state index contributed by atoms with van der Waals surface area (Å²) in [5, 5.41) is 10.6. The van der Waals surface area contributed by atoms with Crippen LogP contribution in [0.15, 0.2) is 6.07 Å². The molecule has 1 amide bonds. The van der Waals surface area contributed by atoms with Crippen LogP contribution in [0.5, 0.6) is 0 Å². The fraction of sp³-hybridized carbons (Fsp3) is 0.789. The summed E-state index contributed by atoms with van der Waals surface area (Å²) in [4.78, 5) is 15.2. The molecular weight excluding hydrogens is 332 g/mol. The van der Waals surface area contributed by atoms with Gasteiger partial charge in [0.2, 0.25) is 5.91 Å². The van der Waals surface area contributed by atoms with Crippen LogP contribution in [0.2, 0.25) is 0 Å². The highest BCUT2D eigenvalue weighted by Crippen LogP contribution is 2.32. The highest BCUT2D eigenvalue weighted by atomic mass is 16.5. The Morgan fingerprint density at radius 1 is 1.35 bits per heavy atom. The number of H-pyrrole nitrogens is 1. The monoisotopic (exact) mass is 362 g/mol. The van der Waals surface area contributed by atoms with Gasteiger partial charge in [-0.05, 0) is 44.6 Å². The molecule has 0 unspecified atom stereocenters. The third-order valence-corrected chi connectivity index (χ3v) is 6.02. The van der Waals surface area contributed by atoms with Gasteiger partial charge in [-0.1, -0.05) is 0 Å². The van der Waals surface area contributed by atoms with E-state index in [1.54, 1.807) is 0 Å². The number of amides is 1. The number of nitrogens with one attached hydrogen (secondary N) is 2. The van der Waals surface area contributed by atoms with Crippen LogP contribution < -0.4 is 5.32 Å². The van der Waals surface area contributed by atoms with Crippen LogP contribution >= 0.6 is 0 Å². The lowest BCUT2D eigenvalue weighted by Gasteiger charge is -2.40. The highest BCUT2D eigenvalue weighted by Gasteiger charge is 2.42. The molecular formula is C19H30N4O3. The van der Waals surface area contributed by atoms with Gasteiger partial charge in [-0.3, -0.25) is 14.8 Å². The Morgan fingerprint density at radius 2 is 2.19 bits per heavy atom. The minimum Gasteiger partial charge on any atom is -0.381 e. The number of ether oxygens (including phenoxy) is 2. The molecule has 0 saturated carbocycles. The van der Waals surface area contributed by atoms with Crippen molar-refractivity contribution < 1.29 is 14.3 Å². The third-order valence-electron chi connectivity index (χ3n) is 6.02. The molecule has 3 atom stereocenters.